The quantitative estimate of drug-likeness (QED) is 0.937. The highest BCUT2D eigenvalue weighted by molar-refractivity contribution is 5.93. The molecule has 0 unspecified atom stereocenters. The molecule has 1 aromatic carbocycles. The molecule has 1 N–H and O–H groups in total. The summed E-state index contributed by atoms with van der Waals surface area (Å²) in [5.41, 5.74) is 1.54. The number of hydrogen-bond donors (Lipinski definition) is 1. The number of nitrogens with zero attached hydrogens (tertiary/aromatic N) is 2. The van der Waals surface area contributed by atoms with Crippen LogP contribution in [0.2, 0.25) is 0 Å². The zero-order chi connectivity index (χ0) is 15.5. The van der Waals surface area contributed by atoms with Crippen LogP contribution in [0.15, 0.2) is 34.7 Å². The molecule has 1 aromatic heterocycles. The largest absolute Gasteiger partial charge is 0.431 e. The van der Waals surface area contributed by atoms with Crippen LogP contribution >= 0.6 is 12.4 Å². The van der Waals surface area contributed by atoms with E-state index in [4.69, 9.17) is 4.42 Å². The first-order chi connectivity index (χ1) is 10.7. The van der Waals surface area contributed by atoms with Gasteiger partial charge in [0.25, 0.3) is 5.91 Å². The van der Waals surface area contributed by atoms with Crippen molar-refractivity contribution in [3.63, 3.8) is 0 Å². The summed E-state index contributed by atoms with van der Waals surface area (Å²) >= 11 is 0. The van der Waals surface area contributed by atoms with E-state index in [0.29, 0.717) is 23.4 Å². The minimum absolute atomic E-state index is 0. The number of aromatic nitrogens is 1. The summed E-state index contributed by atoms with van der Waals surface area (Å²) in [5.74, 6) is 0.815. The van der Waals surface area contributed by atoms with Crippen molar-refractivity contribution in [2.45, 2.75) is 25.8 Å². The summed E-state index contributed by atoms with van der Waals surface area (Å²) in [6, 6.07) is 10.2. The fraction of sp³-hybridized carbons (Fsp3) is 0.412. The van der Waals surface area contributed by atoms with Crippen LogP contribution in [0.4, 0.5) is 0 Å². The van der Waals surface area contributed by atoms with Gasteiger partial charge in [0, 0.05) is 24.7 Å². The summed E-state index contributed by atoms with van der Waals surface area (Å²) in [7, 11) is 1.97. The van der Waals surface area contributed by atoms with Gasteiger partial charge in [0.1, 0.15) is 0 Å². The summed E-state index contributed by atoms with van der Waals surface area (Å²) in [6.45, 7) is 3.33. The van der Waals surface area contributed by atoms with Crippen molar-refractivity contribution in [3.8, 4) is 11.5 Å². The lowest BCUT2D eigenvalue weighted by Gasteiger charge is -2.31. The number of amides is 1. The Morgan fingerprint density at radius 3 is 2.52 bits per heavy atom. The molecular weight excluding hydrogens is 314 g/mol. The van der Waals surface area contributed by atoms with E-state index in [-0.39, 0.29) is 18.3 Å². The van der Waals surface area contributed by atoms with Crippen molar-refractivity contribution < 1.29 is 9.21 Å². The number of carbonyl (C=O) groups is 1. The molecule has 1 amide bonds. The minimum atomic E-state index is -0.0539. The molecule has 5 nitrogen and oxygen atoms in total. The Balaban J connectivity index is 0.00000192. The van der Waals surface area contributed by atoms with E-state index < -0.39 is 0 Å². The molecule has 6 heteroatoms. The van der Waals surface area contributed by atoms with E-state index in [2.05, 4.69) is 10.3 Å². The number of nitrogens with one attached hydrogen (secondary N) is 1. The van der Waals surface area contributed by atoms with Gasteiger partial charge in [-0.25, -0.2) is 4.98 Å². The molecule has 124 valence electrons. The Morgan fingerprint density at radius 1 is 1.26 bits per heavy atom. The van der Waals surface area contributed by atoms with Crippen LogP contribution in [-0.2, 0) is 0 Å². The minimum Gasteiger partial charge on any atom is -0.431 e. The predicted octanol–water partition coefficient (Wildman–Crippen LogP) is 2.90. The Bertz CT molecular complexity index is 649. The van der Waals surface area contributed by atoms with Crippen LogP contribution in [0, 0.1) is 6.92 Å². The average molecular weight is 336 g/mol. The van der Waals surface area contributed by atoms with E-state index in [9.17, 15) is 4.79 Å². The molecule has 1 aliphatic rings. The highest BCUT2D eigenvalue weighted by Crippen LogP contribution is 2.23. The molecule has 1 fully saturated rings. The van der Waals surface area contributed by atoms with Crippen LogP contribution in [0.3, 0.4) is 0 Å². The Labute approximate surface area is 142 Å². The van der Waals surface area contributed by atoms with Crippen LogP contribution in [0.1, 0.15) is 29.1 Å². The molecule has 0 aliphatic carbocycles. The van der Waals surface area contributed by atoms with Crippen molar-refractivity contribution in [2.24, 2.45) is 0 Å². The number of aryl methyl sites for hydroxylation is 1. The maximum Gasteiger partial charge on any atom is 0.291 e. The van der Waals surface area contributed by atoms with E-state index in [1.54, 1.807) is 0 Å². The Kier molecular flexibility index (Phi) is 5.80. The van der Waals surface area contributed by atoms with Gasteiger partial charge in [-0.1, -0.05) is 18.2 Å². The number of rotatable bonds is 3. The van der Waals surface area contributed by atoms with Gasteiger partial charge in [0.2, 0.25) is 11.7 Å². The SMILES string of the molecule is CNC1CCN(C(=O)c2oc(-c3ccccc3)nc2C)CC1.Cl. The Morgan fingerprint density at radius 2 is 1.91 bits per heavy atom. The third-order valence-electron chi connectivity index (χ3n) is 4.20. The third-order valence-corrected chi connectivity index (χ3v) is 4.20. The normalized spacial score (nSPS) is 15.3. The molecule has 1 saturated heterocycles. The number of halogens is 1. The zero-order valence-electron chi connectivity index (χ0n) is 13.4. The molecule has 0 bridgehead atoms. The molecule has 0 saturated carbocycles. The van der Waals surface area contributed by atoms with Gasteiger partial charge >= 0.3 is 0 Å². The second-order valence-electron chi connectivity index (χ2n) is 5.65. The molecule has 0 radical (unpaired) electrons. The van der Waals surface area contributed by atoms with E-state index >= 15 is 0 Å². The predicted molar refractivity (Wildman–Crippen MR) is 91.9 cm³/mol. The van der Waals surface area contributed by atoms with Gasteiger partial charge in [0.05, 0.1) is 5.69 Å². The maximum atomic E-state index is 12.6. The highest BCUT2D eigenvalue weighted by atomic mass is 35.5. The van der Waals surface area contributed by atoms with Crippen molar-refractivity contribution in [1.82, 2.24) is 15.2 Å². The summed E-state index contributed by atoms with van der Waals surface area (Å²) in [5, 5.41) is 3.27. The first kappa shape index (κ1) is 17.5. The molecule has 1 aliphatic heterocycles. The maximum absolute atomic E-state index is 12.6. The Hall–Kier alpha value is -1.85. The lowest BCUT2D eigenvalue weighted by atomic mass is 10.1. The van der Waals surface area contributed by atoms with Crippen molar-refractivity contribution in [2.75, 3.05) is 20.1 Å². The van der Waals surface area contributed by atoms with Crippen molar-refractivity contribution in [1.29, 1.82) is 0 Å². The van der Waals surface area contributed by atoms with Crippen LogP contribution in [0.5, 0.6) is 0 Å². The fourth-order valence-electron chi connectivity index (χ4n) is 2.81. The van der Waals surface area contributed by atoms with Gasteiger partial charge in [-0.3, -0.25) is 4.79 Å². The first-order valence-corrected chi connectivity index (χ1v) is 7.68. The molecule has 23 heavy (non-hydrogen) atoms. The second kappa shape index (κ2) is 7.62. The number of benzene rings is 1. The average Bonchev–Trinajstić information content (AvgIpc) is 2.97. The number of piperidine rings is 1. The molecule has 2 aromatic rings. The zero-order valence-corrected chi connectivity index (χ0v) is 14.2. The van der Waals surface area contributed by atoms with Crippen molar-refractivity contribution in [3.05, 3.63) is 41.8 Å². The molecule has 2 heterocycles. The molecular formula is C17H22ClN3O2. The van der Waals surface area contributed by atoms with Crippen molar-refractivity contribution >= 4 is 18.3 Å². The van der Waals surface area contributed by atoms with E-state index in [1.807, 2.05) is 49.2 Å². The third kappa shape index (κ3) is 3.74. The van der Waals surface area contributed by atoms with Gasteiger partial charge < -0.3 is 14.6 Å². The number of hydrogen-bond acceptors (Lipinski definition) is 4. The van der Waals surface area contributed by atoms with Crippen LogP contribution in [0.25, 0.3) is 11.5 Å². The van der Waals surface area contributed by atoms with E-state index in [0.717, 1.165) is 31.5 Å². The first-order valence-electron chi connectivity index (χ1n) is 7.68. The number of oxazole rings is 1. The second-order valence-corrected chi connectivity index (χ2v) is 5.65. The summed E-state index contributed by atoms with van der Waals surface area (Å²) in [6.07, 6.45) is 1.95. The monoisotopic (exact) mass is 335 g/mol. The van der Waals surface area contributed by atoms with Gasteiger partial charge in [0.15, 0.2) is 0 Å². The summed E-state index contributed by atoms with van der Waals surface area (Å²) in [4.78, 5) is 18.9. The van der Waals surface area contributed by atoms with E-state index in [1.165, 1.54) is 0 Å². The fourth-order valence-corrected chi connectivity index (χ4v) is 2.81. The van der Waals surface area contributed by atoms with Crippen LogP contribution in [-0.4, -0.2) is 42.0 Å². The van der Waals surface area contributed by atoms with Gasteiger partial charge in [-0.2, -0.15) is 0 Å². The molecule has 0 atom stereocenters. The molecule has 0 spiro atoms. The lowest BCUT2D eigenvalue weighted by molar-refractivity contribution is 0.0675. The lowest BCUT2D eigenvalue weighted by Crippen LogP contribution is -2.44. The summed E-state index contributed by atoms with van der Waals surface area (Å²) < 4.78 is 5.75. The van der Waals surface area contributed by atoms with Crippen LogP contribution < -0.4 is 5.32 Å². The standard InChI is InChI=1S/C17H21N3O2.ClH/c1-12-15(17(21)20-10-8-14(18-2)9-11-20)22-16(19-12)13-6-4-3-5-7-13;/h3-7,14,18H,8-11H2,1-2H3;1H. The highest BCUT2D eigenvalue weighted by Gasteiger charge is 2.27. The smallest absolute Gasteiger partial charge is 0.291 e. The van der Waals surface area contributed by atoms with Gasteiger partial charge in [-0.15, -0.1) is 12.4 Å². The molecule has 3 rings (SSSR count). The number of likely N-dealkylation sites (tertiary alicyclic amines) is 1. The number of carbonyl (C=O) groups excluding carboxylic acids is 1. The van der Waals surface area contributed by atoms with Gasteiger partial charge in [-0.05, 0) is 38.9 Å². The topological polar surface area (TPSA) is 58.4 Å².